The van der Waals surface area contributed by atoms with Gasteiger partial charge in [0, 0.05) is 17.0 Å². The second-order valence-corrected chi connectivity index (χ2v) is 9.96. The quantitative estimate of drug-likeness (QED) is 0.322. The number of benzene rings is 1. The highest BCUT2D eigenvalue weighted by Gasteiger charge is 2.28. The van der Waals surface area contributed by atoms with Gasteiger partial charge in [-0.05, 0) is 56.7 Å². The molecular formula is C20H33N2O5PS. The highest BCUT2D eigenvalue weighted by Crippen LogP contribution is 2.48. The number of Topliss-reactive ketones (excluding diaryl/α,β-unsaturated/α-hetero) is 1. The van der Waals surface area contributed by atoms with E-state index in [0.29, 0.717) is 12.1 Å². The number of nitrogens with one attached hydrogen (secondary N) is 2. The molecule has 1 aromatic rings. The monoisotopic (exact) mass is 444 g/mol. The van der Waals surface area contributed by atoms with Gasteiger partial charge in [0.2, 0.25) is 0 Å². The number of amides is 2. The molecule has 1 aromatic carbocycles. The van der Waals surface area contributed by atoms with Crippen LogP contribution in [0.3, 0.4) is 0 Å². The third-order valence-corrected chi connectivity index (χ3v) is 6.85. The number of hydrogen-bond donors (Lipinski definition) is 2. The summed E-state index contributed by atoms with van der Waals surface area (Å²) in [5.74, 6) is 0.0157. The maximum absolute atomic E-state index is 12.7. The Kier molecular flexibility index (Phi) is 11.6. The van der Waals surface area contributed by atoms with E-state index in [1.54, 1.807) is 25.6 Å². The molecule has 0 aliphatic rings. The van der Waals surface area contributed by atoms with E-state index >= 15 is 0 Å². The van der Waals surface area contributed by atoms with Crippen molar-refractivity contribution in [3.8, 4) is 0 Å². The van der Waals surface area contributed by atoms with E-state index in [1.165, 1.54) is 0 Å². The number of ketones is 1. The van der Waals surface area contributed by atoms with E-state index in [2.05, 4.69) is 10.6 Å². The van der Waals surface area contributed by atoms with Gasteiger partial charge in [0.25, 0.3) is 0 Å². The molecule has 0 spiro atoms. The molecule has 0 heterocycles. The molecule has 164 valence electrons. The van der Waals surface area contributed by atoms with Crippen LogP contribution in [0.1, 0.15) is 40.5 Å². The molecule has 29 heavy (non-hydrogen) atoms. The van der Waals surface area contributed by atoms with Crippen molar-refractivity contribution in [1.29, 1.82) is 0 Å². The predicted octanol–water partition coefficient (Wildman–Crippen LogP) is 5.17. The molecule has 0 bridgehead atoms. The van der Waals surface area contributed by atoms with Gasteiger partial charge in [-0.2, -0.15) is 0 Å². The van der Waals surface area contributed by atoms with Crippen molar-refractivity contribution >= 4 is 36.9 Å². The van der Waals surface area contributed by atoms with Gasteiger partial charge < -0.3 is 19.7 Å². The third-order valence-electron chi connectivity index (χ3n) is 4.03. The summed E-state index contributed by atoms with van der Waals surface area (Å²) in [6.07, 6.45) is 2.48. The fourth-order valence-corrected chi connectivity index (χ4v) is 4.75. The lowest BCUT2D eigenvalue weighted by molar-refractivity contribution is -0.120. The molecule has 0 saturated carbocycles. The van der Waals surface area contributed by atoms with Gasteiger partial charge in [0.1, 0.15) is 0 Å². The normalized spacial score (nSPS) is 12.6. The van der Waals surface area contributed by atoms with Crippen LogP contribution in [0.15, 0.2) is 29.2 Å². The van der Waals surface area contributed by atoms with Crippen LogP contribution in [0, 0.1) is 5.92 Å². The Hall–Kier alpha value is -1.34. The second-order valence-electron chi connectivity index (χ2n) is 6.90. The highest BCUT2D eigenvalue weighted by atomic mass is 32.2. The van der Waals surface area contributed by atoms with Gasteiger partial charge in [-0.15, -0.1) is 11.8 Å². The van der Waals surface area contributed by atoms with Crippen molar-refractivity contribution in [3.63, 3.8) is 0 Å². The largest absolute Gasteiger partial charge is 0.331 e. The summed E-state index contributed by atoms with van der Waals surface area (Å²) in [5, 5.41) is 5.50. The molecule has 1 rings (SSSR count). The molecule has 0 aromatic heterocycles. The van der Waals surface area contributed by atoms with Crippen LogP contribution < -0.4 is 10.6 Å². The first-order valence-corrected chi connectivity index (χ1v) is 12.8. The van der Waals surface area contributed by atoms with Crippen molar-refractivity contribution in [1.82, 2.24) is 5.32 Å². The van der Waals surface area contributed by atoms with Crippen LogP contribution in [0.25, 0.3) is 0 Å². The number of carbonyl (C=O) groups excluding carboxylic acids is 2. The Bertz CT molecular complexity index is 687. The standard InChI is InChI=1S/C20H33N2O5PS/c1-6-26-28(25,27-7-2)13-12-19(23)18(14-15(3)4)22-20(24)21-16-8-10-17(29-5)11-9-16/h8-11,15,18H,6-7,12-14H2,1-5H3,(H2,21,22,24)/t18-/m0/s1. The minimum atomic E-state index is -3.30. The van der Waals surface area contributed by atoms with Crippen LogP contribution in [0.2, 0.25) is 0 Å². The molecule has 1 atom stereocenters. The van der Waals surface area contributed by atoms with Gasteiger partial charge in [-0.3, -0.25) is 9.36 Å². The van der Waals surface area contributed by atoms with E-state index in [0.717, 1.165) is 4.90 Å². The van der Waals surface area contributed by atoms with E-state index < -0.39 is 19.7 Å². The molecule has 0 fully saturated rings. The zero-order valence-electron chi connectivity index (χ0n) is 17.9. The average molecular weight is 445 g/mol. The fourth-order valence-electron chi connectivity index (χ4n) is 2.72. The van der Waals surface area contributed by atoms with E-state index in [4.69, 9.17) is 9.05 Å². The Labute approximate surface area is 178 Å². The molecule has 0 aliphatic carbocycles. The van der Waals surface area contributed by atoms with Crippen LogP contribution >= 0.6 is 19.4 Å². The number of carbonyl (C=O) groups is 2. The minimum Gasteiger partial charge on any atom is -0.328 e. The predicted molar refractivity (Wildman–Crippen MR) is 119 cm³/mol. The SMILES string of the molecule is CCOP(=O)(CCC(=O)[C@H](CC(C)C)NC(=O)Nc1ccc(SC)cc1)OCC. The van der Waals surface area contributed by atoms with Crippen LogP contribution in [-0.4, -0.2) is 43.5 Å². The molecule has 0 saturated heterocycles. The van der Waals surface area contributed by atoms with Crippen LogP contribution in [-0.2, 0) is 18.4 Å². The summed E-state index contributed by atoms with van der Waals surface area (Å²) in [5.41, 5.74) is 0.647. The number of hydrogen-bond acceptors (Lipinski definition) is 6. The van der Waals surface area contributed by atoms with Crippen molar-refractivity contribution in [3.05, 3.63) is 24.3 Å². The topological polar surface area (TPSA) is 93.7 Å². The number of thioether (sulfide) groups is 1. The van der Waals surface area contributed by atoms with Crippen molar-refractivity contribution in [2.24, 2.45) is 5.92 Å². The first-order valence-electron chi connectivity index (χ1n) is 9.85. The Balaban J connectivity index is 2.72. The summed E-state index contributed by atoms with van der Waals surface area (Å²) >= 11 is 1.62. The lowest BCUT2D eigenvalue weighted by Gasteiger charge is -2.21. The van der Waals surface area contributed by atoms with Crippen molar-refractivity contribution < 1.29 is 23.2 Å². The van der Waals surface area contributed by atoms with Crippen LogP contribution in [0.5, 0.6) is 0 Å². The molecular weight excluding hydrogens is 411 g/mol. The summed E-state index contributed by atoms with van der Waals surface area (Å²) in [6.45, 7) is 7.91. The van der Waals surface area contributed by atoms with Gasteiger partial charge in [0.05, 0.1) is 25.4 Å². The molecule has 7 nitrogen and oxygen atoms in total. The van der Waals surface area contributed by atoms with E-state index in [9.17, 15) is 14.2 Å². The summed E-state index contributed by atoms with van der Waals surface area (Å²) < 4.78 is 23.1. The van der Waals surface area contributed by atoms with Gasteiger partial charge in [0.15, 0.2) is 5.78 Å². The first kappa shape index (κ1) is 25.7. The zero-order valence-corrected chi connectivity index (χ0v) is 19.6. The lowest BCUT2D eigenvalue weighted by atomic mass is 9.99. The van der Waals surface area contributed by atoms with Crippen molar-refractivity contribution in [2.75, 3.05) is 30.9 Å². The van der Waals surface area contributed by atoms with Crippen molar-refractivity contribution in [2.45, 2.75) is 51.5 Å². The number of urea groups is 1. The van der Waals surface area contributed by atoms with Gasteiger partial charge >= 0.3 is 13.6 Å². The minimum absolute atomic E-state index is 0.00154. The second kappa shape index (κ2) is 13.1. The summed E-state index contributed by atoms with van der Waals surface area (Å²) in [6, 6.07) is 6.33. The molecule has 2 N–H and O–H groups in total. The zero-order chi connectivity index (χ0) is 21.9. The Morgan fingerprint density at radius 3 is 2.17 bits per heavy atom. The maximum atomic E-state index is 12.7. The smallest absolute Gasteiger partial charge is 0.328 e. The first-order chi connectivity index (χ1) is 13.7. The summed E-state index contributed by atoms with van der Waals surface area (Å²) in [7, 11) is -3.30. The average Bonchev–Trinajstić information content (AvgIpc) is 2.66. The van der Waals surface area contributed by atoms with E-state index in [-0.39, 0.29) is 37.5 Å². The third kappa shape index (κ3) is 9.81. The lowest BCUT2D eigenvalue weighted by Crippen LogP contribution is -2.44. The molecule has 0 unspecified atom stereocenters. The van der Waals surface area contributed by atoms with Gasteiger partial charge in [-0.25, -0.2) is 4.79 Å². The highest BCUT2D eigenvalue weighted by molar-refractivity contribution is 7.98. The Morgan fingerprint density at radius 1 is 1.10 bits per heavy atom. The Morgan fingerprint density at radius 2 is 1.69 bits per heavy atom. The van der Waals surface area contributed by atoms with E-state index in [1.807, 2.05) is 44.4 Å². The number of anilines is 1. The molecule has 0 radical (unpaired) electrons. The molecule has 0 aliphatic heterocycles. The molecule has 2 amide bonds. The van der Waals surface area contributed by atoms with Crippen LogP contribution in [0.4, 0.5) is 10.5 Å². The van der Waals surface area contributed by atoms with Gasteiger partial charge in [-0.1, -0.05) is 13.8 Å². The summed E-state index contributed by atoms with van der Waals surface area (Å²) in [4.78, 5) is 26.2. The molecule has 9 heteroatoms. The fraction of sp³-hybridized carbons (Fsp3) is 0.600. The number of rotatable bonds is 13. The maximum Gasteiger partial charge on any atom is 0.331 e.